The van der Waals surface area contributed by atoms with Gasteiger partial charge in [0.15, 0.2) is 0 Å². The molecular weight excluding hydrogens is 258 g/mol. The lowest BCUT2D eigenvalue weighted by Gasteiger charge is -2.31. The summed E-state index contributed by atoms with van der Waals surface area (Å²) in [4.78, 5) is 23.5. The van der Waals surface area contributed by atoms with Crippen molar-refractivity contribution in [2.45, 2.75) is 51.4 Å². The highest BCUT2D eigenvalue weighted by Crippen LogP contribution is 2.37. The van der Waals surface area contributed by atoms with E-state index < -0.39 is 17.8 Å². The first kappa shape index (κ1) is 15.3. The van der Waals surface area contributed by atoms with Crippen molar-refractivity contribution in [1.29, 1.82) is 0 Å². The summed E-state index contributed by atoms with van der Waals surface area (Å²) < 4.78 is 0. The van der Waals surface area contributed by atoms with Crippen molar-refractivity contribution in [3.8, 4) is 0 Å². The molecule has 0 aromatic heterocycles. The number of aliphatic hydroxyl groups excluding tert-OH is 1. The lowest BCUT2D eigenvalue weighted by atomic mass is 9.78. The number of carboxylic acid groups (broad SMARTS) is 1. The van der Waals surface area contributed by atoms with Crippen molar-refractivity contribution < 1.29 is 19.8 Å². The molecule has 0 bridgehead atoms. The number of aliphatic carboxylic acids is 1. The zero-order chi connectivity index (χ0) is 14.6. The van der Waals surface area contributed by atoms with Crippen LogP contribution in [-0.4, -0.2) is 35.2 Å². The largest absolute Gasteiger partial charge is 0.481 e. The molecule has 2 aliphatic rings. The second kappa shape index (κ2) is 6.57. The summed E-state index contributed by atoms with van der Waals surface area (Å²) in [5.41, 5.74) is -0.178. The molecule has 0 aromatic carbocycles. The Kier molecular flexibility index (Phi) is 5.02. The fraction of sp³-hybridized carbons (Fsp3) is 0.867. The molecule has 3 N–H and O–H groups in total. The van der Waals surface area contributed by atoms with Gasteiger partial charge in [-0.2, -0.15) is 0 Å². The summed E-state index contributed by atoms with van der Waals surface area (Å²) in [6.07, 6.45) is 7.14. The number of amides is 1. The van der Waals surface area contributed by atoms with Gasteiger partial charge in [-0.05, 0) is 25.7 Å². The summed E-state index contributed by atoms with van der Waals surface area (Å²) in [7, 11) is 0. The normalized spacial score (nSPS) is 29.1. The maximum atomic E-state index is 12.3. The van der Waals surface area contributed by atoms with E-state index in [1.807, 2.05) is 0 Å². The molecule has 0 heterocycles. The van der Waals surface area contributed by atoms with E-state index in [9.17, 15) is 19.8 Å². The molecule has 2 saturated carbocycles. The number of carbonyl (C=O) groups excluding carboxylic acids is 1. The third-order valence-corrected chi connectivity index (χ3v) is 5.06. The molecule has 0 saturated heterocycles. The van der Waals surface area contributed by atoms with E-state index in [2.05, 4.69) is 5.32 Å². The molecule has 0 spiro atoms. The van der Waals surface area contributed by atoms with Crippen molar-refractivity contribution >= 4 is 11.9 Å². The fourth-order valence-electron chi connectivity index (χ4n) is 3.66. The van der Waals surface area contributed by atoms with Crippen molar-refractivity contribution in [2.24, 2.45) is 17.3 Å². The van der Waals surface area contributed by atoms with Gasteiger partial charge in [-0.15, -0.1) is 0 Å². The van der Waals surface area contributed by atoms with Crippen LogP contribution in [-0.2, 0) is 9.59 Å². The quantitative estimate of drug-likeness (QED) is 0.714. The summed E-state index contributed by atoms with van der Waals surface area (Å²) in [6, 6.07) is 0. The first-order chi connectivity index (χ1) is 9.58. The molecule has 0 aliphatic heterocycles. The smallest absolute Gasteiger partial charge is 0.307 e. The number of carbonyl (C=O) groups is 2. The molecule has 0 aromatic rings. The highest BCUT2D eigenvalue weighted by atomic mass is 16.4. The van der Waals surface area contributed by atoms with Crippen LogP contribution in [0.1, 0.15) is 51.4 Å². The van der Waals surface area contributed by atoms with Gasteiger partial charge in [-0.1, -0.05) is 25.7 Å². The van der Waals surface area contributed by atoms with Gasteiger partial charge in [0.25, 0.3) is 0 Å². The Hall–Kier alpha value is -1.10. The molecule has 2 atom stereocenters. The number of carboxylic acids is 1. The topological polar surface area (TPSA) is 86.6 Å². The van der Waals surface area contributed by atoms with Crippen LogP contribution < -0.4 is 5.32 Å². The maximum absolute atomic E-state index is 12.3. The van der Waals surface area contributed by atoms with E-state index in [4.69, 9.17) is 0 Å². The average Bonchev–Trinajstić information content (AvgIpc) is 2.94. The number of hydrogen-bond acceptors (Lipinski definition) is 3. The van der Waals surface area contributed by atoms with Gasteiger partial charge >= 0.3 is 5.97 Å². The van der Waals surface area contributed by atoms with E-state index >= 15 is 0 Å². The van der Waals surface area contributed by atoms with E-state index in [0.29, 0.717) is 19.4 Å². The second-order valence-electron chi connectivity index (χ2n) is 6.42. The SMILES string of the molecule is O=C(O)C1CCCCC1C(=O)NCC1(CO)CCCC1. The minimum Gasteiger partial charge on any atom is -0.481 e. The molecule has 5 heteroatoms. The molecule has 0 radical (unpaired) electrons. The monoisotopic (exact) mass is 283 g/mol. The van der Waals surface area contributed by atoms with Gasteiger partial charge in [0, 0.05) is 12.0 Å². The van der Waals surface area contributed by atoms with Crippen LogP contribution in [0, 0.1) is 17.3 Å². The van der Waals surface area contributed by atoms with E-state index in [-0.39, 0.29) is 17.9 Å². The molecule has 20 heavy (non-hydrogen) atoms. The maximum Gasteiger partial charge on any atom is 0.307 e. The zero-order valence-electron chi connectivity index (χ0n) is 11.9. The highest BCUT2D eigenvalue weighted by Gasteiger charge is 2.38. The van der Waals surface area contributed by atoms with Crippen molar-refractivity contribution in [3.05, 3.63) is 0 Å². The molecular formula is C15H25NO4. The van der Waals surface area contributed by atoms with Crippen molar-refractivity contribution in [1.82, 2.24) is 5.32 Å². The Morgan fingerprint density at radius 3 is 2.20 bits per heavy atom. The van der Waals surface area contributed by atoms with Crippen LogP contribution >= 0.6 is 0 Å². The van der Waals surface area contributed by atoms with Gasteiger partial charge in [-0.25, -0.2) is 0 Å². The molecule has 1 amide bonds. The van der Waals surface area contributed by atoms with Crippen LogP contribution in [0.15, 0.2) is 0 Å². The van der Waals surface area contributed by atoms with Crippen LogP contribution in [0.5, 0.6) is 0 Å². The summed E-state index contributed by atoms with van der Waals surface area (Å²) in [5.74, 6) is -1.95. The molecule has 5 nitrogen and oxygen atoms in total. The number of nitrogens with one attached hydrogen (secondary N) is 1. The van der Waals surface area contributed by atoms with Gasteiger partial charge in [0.2, 0.25) is 5.91 Å². The van der Waals surface area contributed by atoms with E-state index in [0.717, 1.165) is 38.5 Å². The number of aliphatic hydroxyl groups is 1. The van der Waals surface area contributed by atoms with Crippen molar-refractivity contribution in [3.63, 3.8) is 0 Å². The molecule has 2 unspecified atom stereocenters. The number of rotatable bonds is 5. The van der Waals surface area contributed by atoms with Gasteiger partial charge in [-0.3, -0.25) is 9.59 Å². The Balaban J connectivity index is 1.91. The lowest BCUT2D eigenvalue weighted by Crippen LogP contribution is -2.44. The molecule has 2 aliphatic carbocycles. The van der Waals surface area contributed by atoms with E-state index in [1.54, 1.807) is 0 Å². The first-order valence-corrected chi connectivity index (χ1v) is 7.69. The molecule has 114 valence electrons. The Morgan fingerprint density at radius 1 is 1.05 bits per heavy atom. The molecule has 2 fully saturated rings. The Bertz CT molecular complexity index is 363. The predicted molar refractivity (Wildman–Crippen MR) is 74.1 cm³/mol. The standard InChI is InChI=1S/C15H25NO4/c17-10-15(7-3-4-8-15)9-16-13(18)11-5-1-2-6-12(11)14(19)20/h11-12,17H,1-10H2,(H,16,18)(H,19,20). The second-order valence-corrected chi connectivity index (χ2v) is 6.42. The highest BCUT2D eigenvalue weighted by molar-refractivity contribution is 5.84. The van der Waals surface area contributed by atoms with Gasteiger partial charge < -0.3 is 15.5 Å². The van der Waals surface area contributed by atoms with Crippen LogP contribution in [0.3, 0.4) is 0 Å². The van der Waals surface area contributed by atoms with Gasteiger partial charge in [0.1, 0.15) is 0 Å². The molecule has 2 rings (SSSR count). The van der Waals surface area contributed by atoms with Crippen LogP contribution in [0.2, 0.25) is 0 Å². The van der Waals surface area contributed by atoms with Crippen LogP contribution in [0.4, 0.5) is 0 Å². The minimum absolute atomic E-state index is 0.0975. The fourth-order valence-corrected chi connectivity index (χ4v) is 3.66. The minimum atomic E-state index is -0.859. The third kappa shape index (κ3) is 3.32. The van der Waals surface area contributed by atoms with Crippen molar-refractivity contribution in [2.75, 3.05) is 13.2 Å². The first-order valence-electron chi connectivity index (χ1n) is 7.69. The average molecular weight is 283 g/mol. The Morgan fingerprint density at radius 2 is 1.65 bits per heavy atom. The zero-order valence-corrected chi connectivity index (χ0v) is 11.9. The summed E-state index contributed by atoms with van der Waals surface area (Å²) >= 11 is 0. The third-order valence-electron chi connectivity index (χ3n) is 5.06. The summed E-state index contributed by atoms with van der Waals surface area (Å²) in [5, 5.41) is 21.7. The lowest BCUT2D eigenvalue weighted by molar-refractivity contribution is -0.149. The van der Waals surface area contributed by atoms with Crippen LogP contribution in [0.25, 0.3) is 0 Å². The summed E-state index contributed by atoms with van der Waals surface area (Å²) in [6.45, 7) is 0.575. The Labute approximate surface area is 119 Å². The van der Waals surface area contributed by atoms with Gasteiger partial charge in [0.05, 0.1) is 18.4 Å². The van der Waals surface area contributed by atoms with E-state index in [1.165, 1.54) is 0 Å². The number of hydrogen-bond donors (Lipinski definition) is 3. The predicted octanol–water partition coefficient (Wildman–Crippen LogP) is 1.55.